The highest BCUT2D eigenvalue weighted by Crippen LogP contribution is 2.22. The first-order chi connectivity index (χ1) is 11.8. The Morgan fingerprint density at radius 2 is 2.20 bits per heavy atom. The molecule has 2 aromatic heterocycles. The molecular formula is C14H20FN7O2S. The van der Waals surface area contributed by atoms with Crippen molar-refractivity contribution in [2.75, 3.05) is 30.0 Å². The van der Waals surface area contributed by atoms with E-state index in [9.17, 15) is 12.8 Å². The van der Waals surface area contributed by atoms with Crippen molar-refractivity contribution in [1.29, 1.82) is 0 Å². The molecule has 0 aliphatic carbocycles. The summed E-state index contributed by atoms with van der Waals surface area (Å²) in [4.78, 5) is 8.01. The number of nitrogens with zero attached hydrogens (tertiary/aromatic N) is 5. The lowest BCUT2D eigenvalue weighted by atomic mass is 10.2. The van der Waals surface area contributed by atoms with Crippen LogP contribution < -0.4 is 10.6 Å². The molecule has 0 amide bonds. The third kappa shape index (κ3) is 4.23. The van der Waals surface area contributed by atoms with Crippen molar-refractivity contribution in [3.8, 4) is 0 Å². The van der Waals surface area contributed by atoms with Crippen molar-refractivity contribution in [1.82, 2.24) is 24.1 Å². The lowest BCUT2D eigenvalue weighted by molar-refractivity contribution is 0.402. The fourth-order valence-electron chi connectivity index (χ4n) is 2.83. The molecule has 25 heavy (non-hydrogen) atoms. The van der Waals surface area contributed by atoms with Crippen LogP contribution in [0, 0.1) is 5.82 Å². The van der Waals surface area contributed by atoms with E-state index in [4.69, 9.17) is 0 Å². The number of aromatic nitrogens is 4. The summed E-state index contributed by atoms with van der Waals surface area (Å²) in [5.41, 5.74) is 0.680. The Morgan fingerprint density at radius 1 is 1.40 bits per heavy atom. The van der Waals surface area contributed by atoms with E-state index in [0.717, 1.165) is 19.0 Å². The van der Waals surface area contributed by atoms with Crippen molar-refractivity contribution in [3.63, 3.8) is 0 Å². The van der Waals surface area contributed by atoms with E-state index in [0.29, 0.717) is 12.2 Å². The molecule has 1 aliphatic rings. The summed E-state index contributed by atoms with van der Waals surface area (Å²) < 4.78 is 40.5. The zero-order chi connectivity index (χ0) is 18.0. The SMILES string of the molecule is Cn1cc(Nc2ncc(F)c(NC[C@@H]3CCCN3S(C)(=O)=O)n2)cn1. The van der Waals surface area contributed by atoms with E-state index in [2.05, 4.69) is 25.7 Å². The summed E-state index contributed by atoms with van der Waals surface area (Å²) in [6.07, 6.45) is 7.11. The van der Waals surface area contributed by atoms with Crippen molar-refractivity contribution >= 4 is 27.5 Å². The molecule has 0 bridgehead atoms. The van der Waals surface area contributed by atoms with Crippen LogP contribution in [0.5, 0.6) is 0 Å². The van der Waals surface area contributed by atoms with Crippen LogP contribution in [0.1, 0.15) is 12.8 Å². The maximum Gasteiger partial charge on any atom is 0.229 e. The Bertz CT molecular complexity index is 855. The van der Waals surface area contributed by atoms with Gasteiger partial charge in [-0.15, -0.1) is 0 Å². The second-order valence-corrected chi connectivity index (χ2v) is 7.90. The monoisotopic (exact) mass is 369 g/mol. The molecule has 0 spiro atoms. The average Bonchev–Trinajstić information content (AvgIpc) is 3.16. The molecule has 1 saturated heterocycles. The number of halogens is 1. The standard InChI is InChI=1S/C14H20FN7O2S/c1-21-9-10(6-18-21)19-14-17-8-12(15)13(20-14)16-7-11-4-3-5-22(11)25(2,23)24/h6,8-9,11H,3-5,7H2,1-2H3,(H2,16,17,19,20)/t11-/m0/s1. The summed E-state index contributed by atoms with van der Waals surface area (Å²) in [5.74, 6) is -0.342. The van der Waals surface area contributed by atoms with Crippen molar-refractivity contribution < 1.29 is 12.8 Å². The minimum Gasteiger partial charge on any atom is -0.366 e. The highest BCUT2D eigenvalue weighted by molar-refractivity contribution is 7.88. The van der Waals surface area contributed by atoms with Gasteiger partial charge >= 0.3 is 0 Å². The number of sulfonamides is 1. The summed E-state index contributed by atoms with van der Waals surface area (Å²) in [5, 5.41) is 9.85. The van der Waals surface area contributed by atoms with Crippen LogP contribution in [0.25, 0.3) is 0 Å². The highest BCUT2D eigenvalue weighted by atomic mass is 32.2. The molecule has 0 radical (unpaired) electrons. The number of anilines is 3. The highest BCUT2D eigenvalue weighted by Gasteiger charge is 2.31. The molecule has 2 N–H and O–H groups in total. The van der Waals surface area contributed by atoms with Gasteiger partial charge in [0.1, 0.15) is 0 Å². The smallest absolute Gasteiger partial charge is 0.229 e. The Hall–Kier alpha value is -2.27. The Morgan fingerprint density at radius 3 is 2.88 bits per heavy atom. The zero-order valence-corrected chi connectivity index (χ0v) is 14.8. The van der Waals surface area contributed by atoms with Crippen molar-refractivity contribution in [2.45, 2.75) is 18.9 Å². The predicted octanol–water partition coefficient (Wildman–Crippen LogP) is 0.929. The van der Waals surface area contributed by atoms with Crippen LogP contribution in [0.4, 0.5) is 21.8 Å². The predicted molar refractivity (Wildman–Crippen MR) is 91.5 cm³/mol. The molecule has 2 aromatic rings. The number of hydrogen-bond donors (Lipinski definition) is 2. The summed E-state index contributed by atoms with van der Waals surface area (Å²) in [6.45, 7) is 0.776. The van der Waals surface area contributed by atoms with Gasteiger partial charge in [0.15, 0.2) is 11.6 Å². The molecule has 1 aliphatic heterocycles. The average molecular weight is 369 g/mol. The number of rotatable bonds is 6. The van der Waals surface area contributed by atoms with Crippen LogP contribution >= 0.6 is 0 Å². The van der Waals surface area contributed by atoms with E-state index in [-0.39, 0.29) is 24.4 Å². The number of hydrogen-bond acceptors (Lipinski definition) is 7. The first-order valence-electron chi connectivity index (χ1n) is 7.82. The second kappa shape index (κ2) is 6.92. The van der Waals surface area contributed by atoms with Crippen LogP contribution in [0.15, 0.2) is 18.6 Å². The van der Waals surface area contributed by atoms with Gasteiger partial charge < -0.3 is 10.6 Å². The van der Waals surface area contributed by atoms with Crippen LogP contribution in [0.3, 0.4) is 0 Å². The molecule has 3 rings (SSSR count). The first kappa shape index (κ1) is 17.5. The molecule has 136 valence electrons. The van der Waals surface area contributed by atoms with Crippen LogP contribution in [-0.2, 0) is 17.1 Å². The summed E-state index contributed by atoms with van der Waals surface area (Å²) in [6, 6.07) is -0.209. The first-order valence-corrected chi connectivity index (χ1v) is 9.66. The molecule has 0 aromatic carbocycles. The van der Waals surface area contributed by atoms with Gasteiger partial charge in [-0.05, 0) is 12.8 Å². The van der Waals surface area contributed by atoms with E-state index in [1.807, 2.05) is 0 Å². The maximum absolute atomic E-state index is 14.0. The normalized spacial score (nSPS) is 18.4. The van der Waals surface area contributed by atoms with E-state index < -0.39 is 15.8 Å². The van der Waals surface area contributed by atoms with Gasteiger partial charge in [-0.3, -0.25) is 4.68 Å². The Labute approximate surface area is 145 Å². The fraction of sp³-hybridized carbons (Fsp3) is 0.500. The van der Waals surface area contributed by atoms with Gasteiger partial charge in [-0.2, -0.15) is 14.4 Å². The van der Waals surface area contributed by atoms with E-state index >= 15 is 0 Å². The maximum atomic E-state index is 14.0. The van der Waals surface area contributed by atoms with Gasteiger partial charge in [0.2, 0.25) is 16.0 Å². The molecule has 1 fully saturated rings. The second-order valence-electron chi connectivity index (χ2n) is 5.97. The lowest BCUT2D eigenvalue weighted by Crippen LogP contribution is -2.39. The third-order valence-corrected chi connectivity index (χ3v) is 5.29. The third-order valence-electron chi connectivity index (χ3n) is 3.96. The molecule has 11 heteroatoms. The minimum absolute atomic E-state index is 0.0294. The number of aryl methyl sites for hydroxylation is 1. The van der Waals surface area contributed by atoms with Crippen molar-refractivity contribution in [3.05, 3.63) is 24.4 Å². The fourth-order valence-corrected chi connectivity index (χ4v) is 4.01. The molecular weight excluding hydrogens is 349 g/mol. The molecule has 9 nitrogen and oxygen atoms in total. The van der Waals surface area contributed by atoms with Gasteiger partial charge in [-0.1, -0.05) is 0 Å². The minimum atomic E-state index is -3.27. The molecule has 1 atom stereocenters. The molecule has 3 heterocycles. The largest absolute Gasteiger partial charge is 0.366 e. The van der Waals surface area contributed by atoms with E-state index in [1.165, 1.54) is 10.6 Å². The molecule has 0 unspecified atom stereocenters. The van der Waals surface area contributed by atoms with Gasteiger partial charge in [0, 0.05) is 32.4 Å². The quantitative estimate of drug-likeness (QED) is 0.780. The lowest BCUT2D eigenvalue weighted by Gasteiger charge is -2.22. The van der Waals surface area contributed by atoms with Crippen molar-refractivity contribution in [2.24, 2.45) is 7.05 Å². The summed E-state index contributed by atoms with van der Waals surface area (Å²) in [7, 11) is -1.49. The van der Waals surface area contributed by atoms with Gasteiger partial charge in [0.25, 0.3) is 0 Å². The van der Waals surface area contributed by atoms with Gasteiger partial charge in [0.05, 0.1) is 24.3 Å². The summed E-state index contributed by atoms with van der Waals surface area (Å²) >= 11 is 0. The molecule has 0 saturated carbocycles. The van der Waals surface area contributed by atoms with E-state index in [1.54, 1.807) is 24.1 Å². The Kier molecular flexibility index (Phi) is 4.86. The zero-order valence-electron chi connectivity index (χ0n) is 14.0. The van der Waals surface area contributed by atoms with Crippen LogP contribution in [-0.4, -0.2) is 57.9 Å². The number of nitrogens with one attached hydrogen (secondary N) is 2. The van der Waals surface area contributed by atoms with Crippen LogP contribution in [0.2, 0.25) is 0 Å². The Balaban J connectivity index is 1.68. The topological polar surface area (TPSA) is 105 Å². The van der Waals surface area contributed by atoms with Gasteiger partial charge in [-0.25, -0.2) is 17.8 Å².